The van der Waals surface area contributed by atoms with Crippen molar-refractivity contribution in [3.8, 4) is 0 Å². The van der Waals surface area contributed by atoms with Crippen LogP contribution >= 0.6 is 11.8 Å². The molecular formula is C17H20N2O2S. The molecule has 2 heterocycles. The summed E-state index contributed by atoms with van der Waals surface area (Å²) in [7, 11) is 0. The van der Waals surface area contributed by atoms with Gasteiger partial charge in [-0.25, -0.2) is 0 Å². The van der Waals surface area contributed by atoms with Crippen LogP contribution in [0.15, 0.2) is 40.9 Å². The van der Waals surface area contributed by atoms with Crippen LogP contribution < -0.4 is 5.32 Å². The third-order valence-corrected chi connectivity index (χ3v) is 5.28. The molecule has 0 aliphatic carbocycles. The molecule has 116 valence electrons. The number of carbonyl (C=O) groups excluding carboxylic acids is 2. The van der Waals surface area contributed by atoms with E-state index in [1.807, 2.05) is 25.1 Å². The highest BCUT2D eigenvalue weighted by Crippen LogP contribution is 2.40. The molecule has 1 aromatic carbocycles. The second-order valence-corrected chi connectivity index (χ2v) is 6.96. The van der Waals surface area contributed by atoms with Gasteiger partial charge >= 0.3 is 0 Å². The van der Waals surface area contributed by atoms with Gasteiger partial charge in [0.2, 0.25) is 11.8 Å². The molecule has 1 N–H and O–H groups in total. The van der Waals surface area contributed by atoms with Crippen molar-refractivity contribution in [1.29, 1.82) is 0 Å². The highest BCUT2D eigenvalue weighted by Gasteiger charge is 2.38. The van der Waals surface area contributed by atoms with Gasteiger partial charge in [-0.15, -0.1) is 0 Å². The lowest BCUT2D eigenvalue weighted by Gasteiger charge is -2.25. The van der Waals surface area contributed by atoms with Crippen molar-refractivity contribution < 1.29 is 9.59 Å². The molecule has 2 aliphatic heterocycles. The summed E-state index contributed by atoms with van der Waals surface area (Å²) < 4.78 is 0. The zero-order valence-corrected chi connectivity index (χ0v) is 13.5. The number of rotatable bonds is 4. The predicted molar refractivity (Wildman–Crippen MR) is 88.2 cm³/mol. The smallest absolute Gasteiger partial charge is 0.249 e. The van der Waals surface area contributed by atoms with Gasteiger partial charge in [-0.05, 0) is 31.7 Å². The number of carbonyl (C=O) groups is 2. The van der Waals surface area contributed by atoms with Crippen LogP contribution in [-0.4, -0.2) is 35.1 Å². The summed E-state index contributed by atoms with van der Waals surface area (Å²) in [6.45, 7) is 3.27. The van der Waals surface area contributed by atoms with Crippen molar-refractivity contribution in [3.63, 3.8) is 0 Å². The Balaban J connectivity index is 1.63. The summed E-state index contributed by atoms with van der Waals surface area (Å²) in [4.78, 5) is 26.3. The molecule has 1 fully saturated rings. The molecule has 1 aromatic rings. The van der Waals surface area contributed by atoms with Crippen LogP contribution in [0.25, 0.3) is 0 Å². The molecule has 5 heteroatoms. The van der Waals surface area contributed by atoms with E-state index in [4.69, 9.17) is 0 Å². The van der Waals surface area contributed by atoms with Gasteiger partial charge in [-0.3, -0.25) is 9.59 Å². The lowest BCUT2D eigenvalue weighted by molar-refractivity contribution is -0.127. The van der Waals surface area contributed by atoms with Crippen molar-refractivity contribution in [3.05, 3.63) is 46.5 Å². The summed E-state index contributed by atoms with van der Waals surface area (Å²) in [5.74, 6) is 0.110. The first-order chi connectivity index (χ1) is 10.7. The van der Waals surface area contributed by atoms with Gasteiger partial charge in [0.25, 0.3) is 0 Å². The monoisotopic (exact) mass is 316 g/mol. The van der Waals surface area contributed by atoms with Gasteiger partial charge in [0.15, 0.2) is 0 Å². The molecule has 0 radical (unpaired) electrons. The number of thioether (sulfide) groups is 1. The van der Waals surface area contributed by atoms with Gasteiger partial charge in [0.1, 0.15) is 0 Å². The van der Waals surface area contributed by atoms with Crippen LogP contribution in [0.5, 0.6) is 0 Å². The Bertz CT molecular complexity index is 612. The maximum absolute atomic E-state index is 12.4. The molecule has 1 unspecified atom stereocenters. The van der Waals surface area contributed by atoms with E-state index in [2.05, 4.69) is 17.4 Å². The Hall–Kier alpha value is -1.75. The van der Waals surface area contributed by atoms with Gasteiger partial charge in [-0.2, -0.15) is 0 Å². The number of benzene rings is 1. The molecule has 1 saturated heterocycles. The average Bonchev–Trinajstić information content (AvgIpc) is 2.83. The Morgan fingerprint density at radius 2 is 2.14 bits per heavy atom. The van der Waals surface area contributed by atoms with Gasteiger partial charge in [0, 0.05) is 18.7 Å². The molecule has 3 rings (SSSR count). The Kier molecular flexibility index (Phi) is 4.52. The summed E-state index contributed by atoms with van der Waals surface area (Å²) in [5, 5.41) is 3.80. The standard InChI is InChI=1S/C17H20N2O2S/c1-12-16(21)19-11-5-8-14(17(19)22-12)15(20)18-10-9-13-6-3-2-4-7-13/h2-4,6-7,12H,5,8-11H2,1H3,(H,18,20). The average molecular weight is 316 g/mol. The normalized spacial score (nSPS) is 21.0. The minimum atomic E-state index is -0.0692. The quantitative estimate of drug-likeness (QED) is 0.927. The van der Waals surface area contributed by atoms with E-state index in [0.29, 0.717) is 6.54 Å². The summed E-state index contributed by atoms with van der Waals surface area (Å²) in [6.07, 6.45) is 2.45. The molecule has 0 spiro atoms. The van der Waals surface area contributed by atoms with Crippen molar-refractivity contribution in [2.45, 2.75) is 31.4 Å². The van der Waals surface area contributed by atoms with Gasteiger partial charge in [0.05, 0.1) is 10.3 Å². The first-order valence-corrected chi connectivity index (χ1v) is 8.58. The van der Waals surface area contributed by atoms with Crippen molar-refractivity contribution >= 4 is 23.6 Å². The lowest BCUT2D eigenvalue weighted by Crippen LogP contribution is -2.35. The molecule has 2 amide bonds. The second kappa shape index (κ2) is 6.57. The number of nitrogens with one attached hydrogen (secondary N) is 1. The Labute approximate surface area is 135 Å². The number of hydrogen-bond donors (Lipinski definition) is 1. The molecule has 1 atom stereocenters. The maximum atomic E-state index is 12.4. The summed E-state index contributed by atoms with van der Waals surface area (Å²) in [5.41, 5.74) is 1.99. The highest BCUT2D eigenvalue weighted by atomic mass is 32.2. The van der Waals surface area contributed by atoms with E-state index < -0.39 is 0 Å². The minimum Gasteiger partial charge on any atom is -0.352 e. The van der Waals surface area contributed by atoms with Crippen LogP contribution in [0.1, 0.15) is 25.3 Å². The third kappa shape index (κ3) is 3.04. The van der Waals surface area contributed by atoms with E-state index in [-0.39, 0.29) is 17.1 Å². The molecule has 0 aromatic heterocycles. The number of nitrogens with zero attached hydrogens (tertiary/aromatic N) is 1. The predicted octanol–water partition coefficient (Wildman–Crippen LogP) is 2.31. The van der Waals surface area contributed by atoms with Crippen LogP contribution in [0.3, 0.4) is 0 Å². The fourth-order valence-electron chi connectivity index (χ4n) is 2.85. The topological polar surface area (TPSA) is 49.4 Å². The number of amides is 2. The molecule has 22 heavy (non-hydrogen) atoms. The van der Waals surface area contributed by atoms with E-state index in [0.717, 1.165) is 36.4 Å². The fourth-order valence-corrected chi connectivity index (χ4v) is 4.06. The van der Waals surface area contributed by atoms with Crippen LogP contribution in [-0.2, 0) is 16.0 Å². The van der Waals surface area contributed by atoms with Crippen LogP contribution in [0, 0.1) is 0 Å². The van der Waals surface area contributed by atoms with Crippen LogP contribution in [0.2, 0.25) is 0 Å². The third-order valence-electron chi connectivity index (χ3n) is 4.03. The minimum absolute atomic E-state index is 0.0231. The van der Waals surface area contributed by atoms with E-state index >= 15 is 0 Å². The number of hydrogen-bond acceptors (Lipinski definition) is 3. The summed E-state index contributed by atoms with van der Waals surface area (Å²) in [6, 6.07) is 10.1. The molecular weight excluding hydrogens is 296 g/mol. The van der Waals surface area contributed by atoms with E-state index in [1.54, 1.807) is 4.90 Å². The van der Waals surface area contributed by atoms with Gasteiger partial charge < -0.3 is 10.2 Å². The first-order valence-electron chi connectivity index (χ1n) is 7.70. The maximum Gasteiger partial charge on any atom is 0.249 e. The zero-order chi connectivity index (χ0) is 15.5. The molecule has 2 aliphatic rings. The van der Waals surface area contributed by atoms with Crippen molar-refractivity contribution in [2.75, 3.05) is 13.1 Å². The Morgan fingerprint density at radius 1 is 1.36 bits per heavy atom. The van der Waals surface area contributed by atoms with Crippen molar-refractivity contribution in [2.24, 2.45) is 0 Å². The summed E-state index contributed by atoms with van der Waals surface area (Å²) >= 11 is 1.52. The zero-order valence-electron chi connectivity index (χ0n) is 12.7. The Morgan fingerprint density at radius 3 is 2.91 bits per heavy atom. The lowest BCUT2D eigenvalue weighted by atomic mass is 10.1. The largest absolute Gasteiger partial charge is 0.352 e. The SMILES string of the molecule is CC1SC2=C(C(=O)NCCc3ccccc3)CCCN2C1=O. The first kappa shape index (κ1) is 15.2. The second-order valence-electron chi connectivity index (χ2n) is 5.63. The highest BCUT2D eigenvalue weighted by molar-refractivity contribution is 8.04. The van der Waals surface area contributed by atoms with E-state index in [9.17, 15) is 9.59 Å². The fraction of sp³-hybridized carbons (Fsp3) is 0.412. The molecule has 0 saturated carbocycles. The molecule has 0 bridgehead atoms. The van der Waals surface area contributed by atoms with E-state index in [1.165, 1.54) is 17.3 Å². The van der Waals surface area contributed by atoms with Gasteiger partial charge in [-0.1, -0.05) is 42.1 Å². The molecule has 4 nitrogen and oxygen atoms in total. The van der Waals surface area contributed by atoms with Crippen molar-refractivity contribution in [1.82, 2.24) is 10.2 Å². The number of fused-ring (bicyclic) bond motifs is 1. The van der Waals surface area contributed by atoms with Crippen LogP contribution in [0.4, 0.5) is 0 Å².